The Labute approximate surface area is 94.8 Å². The topological polar surface area (TPSA) is 114 Å². The molecule has 2 N–H and O–H groups in total. The van der Waals surface area contributed by atoms with E-state index >= 15 is 0 Å². The number of nitro groups is 1. The average Bonchev–Trinajstić information content (AvgIpc) is 2.81. The maximum Gasteiger partial charge on any atom is 0.282 e. The normalized spacial score (nSPS) is 9.88. The minimum Gasteiger partial charge on any atom is -0.291 e. The van der Waals surface area contributed by atoms with Crippen LogP contribution >= 0.6 is 0 Å². The Morgan fingerprint density at radius 1 is 1.41 bits per heavy atom. The van der Waals surface area contributed by atoms with E-state index in [0.29, 0.717) is 0 Å². The van der Waals surface area contributed by atoms with E-state index < -0.39 is 10.8 Å². The Morgan fingerprint density at radius 2 is 2.18 bits per heavy atom. The largest absolute Gasteiger partial charge is 0.291 e. The molecule has 17 heavy (non-hydrogen) atoms. The second kappa shape index (κ2) is 4.39. The lowest BCUT2D eigenvalue weighted by atomic mass is 10.1. The number of aromatic amines is 1. The predicted octanol–water partition coefficient (Wildman–Crippen LogP) is 0.965. The Morgan fingerprint density at radius 3 is 2.82 bits per heavy atom. The summed E-state index contributed by atoms with van der Waals surface area (Å²) < 4.78 is 0. The molecule has 2 aromatic rings. The molecule has 0 bridgehead atoms. The Bertz CT molecular complexity index is 552. The van der Waals surface area contributed by atoms with Crippen molar-refractivity contribution in [3.63, 3.8) is 0 Å². The van der Waals surface area contributed by atoms with Gasteiger partial charge in [0.05, 0.1) is 4.92 Å². The number of anilines is 1. The summed E-state index contributed by atoms with van der Waals surface area (Å²) in [5, 5.41) is 19.0. The van der Waals surface area contributed by atoms with Crippen LogP contribution in [0.3, 0.4) is 0 Å². The van der Waals surface area contributed by atoms with Crippen LogP contribution in [0.2, 0.25) is 0 Å². The van der Waals surface area contributed by atoms with Gasteiger partial charge in [-0.05, 0) is 6.07 Å². The van der Waals surface area contributed by atoms with E-state index in [1.165, 1.54) is 24.5 Å². The number of nitro benzene ring substituents is 1. The van der Waals surface area contributed by atoms with E-state index in [9.17, 15) is 14.9 Å². The molecule has 0 spiro atoms. The number of nitrogens with one attached hydrogen (secondary N) is 2. The van der Waals surface area contributed by atoms with E-state index in [1.54, 1.807) is 6.07 Å². The van der Waals surface area contributed by atoms with Gasteiger partial charge in [-0.15, -0.1) is 0 Å². The van der Waals surface area contributed by atoms with Crippen molar-refractivity contribution in [1.82, 2.24) is 15.2 Å². The van der Waals surface area contributed by atoms with Gasteiger partial charge in [0.2, 0.25) is 5.95 Å². The van der Waals surface area contributed by atoms with E-state index in [1.807, 2.05) is 0 Å². The molecule has 1 aromatic carbocycles. The summed E-state index contributed by atoms with van der Waals surface area (Å²) in [5.74, 6) is -0.484. The highest BCUT2D eigenvalue weighted by Crippen LogP contribution is 2.18. The van der Waals surface area contributed by atoms with Crippen LogP contribution in [0.1, 0.15) is 10.4 Å². The highest BCUT2D eigenvalue weighted by molar-refractivity contribution is 6.06. The standard InChI is InChI=1S/C9H7N5O3/c15-8(12-9-10-5-11-13-9)6-3-1-2-4-7(6)14(16)17/h1-5H,(H2,10,11,12,13,15). The van der Waals surface area contributed by atoms with Crippen molar-refractivity contribution < 1.29 is 9.72 Å². The molecule has 2 rings (SSSR count). The highest BCUT2D eigenvalue weighted by Gasteiger charge is 2.19. The first-order chi connectivity index (χ1) is 8.18. The number of carbonyl (C=O) groups excluding carboxylic acids is 1. The van der Waals surface area contributed by atoms with Crippen LogP contribution in [0.4, 0.5) is 11.6 Å². The molecule has 8 nitrogen and oxygen atoms in total. The van der Waals surface area contributed by atoms with Gasteiger partial charge in [0.15, 0.2) is 0 Å². The van der Waals surface area contributed by atoms with Crippen molar-refractivity contribution >= 4 is 17.5 Å². The molecule has 0 unspecified atom stereocenters. The number of para-hydroxylation sites is 1. The summed E-state index contributed by atoms with van der Waals surface area (Å²) in [5.41, 5.74) is -0.293. The molecule has 0 aliphatic heterocycles. The molecule has 1 aromatic heterocycles. The number of hydrogen-bond donors (Lipinski definition) is 2. The van der Waals surface area contributed by atoms with E-state index in [0.717, 1.165) is 0 Å². The number of amides is 1. The lowest BCUT2D eigenvalue weighted by Crippen LogP contribution is -2.14. The maximum atomic E-state index is 11.7. The predicted molar refractivity (Wildman–Crippen MR) is 57.4 cm³/mol. The van der Waals surface area contributed by atoms with Gasteiger partial charge < -0.3 is 0 Å². The van der Waals surface area contributed by atoms with Crippen LogP contribution in [0.5, 0.6) is 0 Å². The molecule has 0 saturated carbocycles. The number of aromatic nitrogens is 3. The fourth-order valence-corrected chi connectivity index (χ4v) is 1.27. The molecule has 86 valence electrons. The van der Waals surface area contributed by atoms with Crippen LogP contribution in [0.15, 0.2) is 30.6 Å². The van der Waals surface area contributed by atoms with Crippen molar-refractivity contribution in [2.24, 2.45) is 0 Å². The number of nitrogens with zero attached hydrogens (tertiary/aromatic N) is 3. The molecule has 0 radical (unpaired) electrons. The Balaban J connectivity index is 2.28. The molecule has 0 aliphatic carbocycles. The molecule has 8 heteroatoms. The summed E-state index contributed by atoms with van der Waals surface area (Å²) >= 11 is 0. The van der Waals surface area contributed by atoms with E-state index in [2.05, 4.69) is 20.5 Å². The summed E-state index contributed by atoms with van der Waals surface area (Å²) in [6.07, 6.45) is 1.22. The monoisotopic (exact) mass is 233 g/mol. The van der Waals surface area contributed by atoms with Crippen molar-refractivity contribution in [3.05, 3.63) is 46.3 Å². The highest BCUT2D eigenvalue weighted by atomic mass is 16.6. The fourth-order valence-electron chi connectivity index (χ4n) is 1.27. The molecular formula is C9H7N5O3. The first-order valence-electron chi connectivity index (χ1n) is 4.58. The van der Waals surface area contributed by atoms with Crippen molar-refractivity contribution in [2.45, 2.75) is 0 Å². The van der Waals surface area contributed by atoms with Gasteiger partial charge in [-0.3, -0.25) is 20.2 Å². The summed E-state index contributed by atoms with van der Waals surface area (Å²) in [4.78, 5) is 25.5. The lowest BCUT2D eigenvalue weighted by molar-refractivity contribution is -0.385. The molecule has 0 saturated heterocycles. The number of H-pyrrole nitrogens is 1. The third kappa shape index (κ3) is 2.25. The zero-order valence-corrected chi connectivity index (χ0v) is 8.45. The van der Waals surface area contributed by atoms with Crippen molar-refractivity contribution in [1.29, 1.82) is 0 Å². The molecule has 1 heterocycles. The van der Waals surface area contributed by atoms with Crippen LogP contribution in [-0.4, -0.2) is 26.0 Å². The Kier molecular flexibility index (Phi) is 2.77. The molecule has 0 aliphatic rings. The fraction of sp³-hybridized carbons (Fsp3) is 0. The third-order valence-electron chi connectivity index (χ3n) is 1.99. The second-order valence-corrected chi connectivity index (χ2v) is 3.06. The third-order valence-corrected chi connectivity index (χ3v) is 1.99. The number of benzene rings is 1. The maximum absolute atomic E-state index is 11.7. The summed E-state index contributed by atoms with van der Waals surface area (Å²) in [6.45, 7) is 0. The van der Waals surface area contributed by atoms with Gasteiger partial charge in [-0.1, -0.05) is 12.1 Å². The van der Waals surface area contributed by atoms with Gasteiger partial charge in [0, 0.05) is 6.07 Å². The van der Waals surface area contributed by atoms with Crippen molar-refractivity contribution in [3.8, 4) is 0 Å². The van der Waals surface area contributed by atoms with Crippen LogP contribution in [-0.2, 0) is 0 Å². The number of carbonyl (C=O) groups is 1. The first kappa shape index (κ1) is 10.7. The zero-order chi connectivity index (χ0) is 12.3. The molecule has 0 fully saturated rings. The summed E-state index contributed by atoms with van der Waals surface area (Å²) in [6, 6.07) is 5.66. The minimum absolute atomic E-state index is 0.0334. The number of rotatable bonds is 3. The van der Waals surface area contributed by atoms with Crippen molar-refractivity contribution in [2.75, 3.05) is 5.32 Å². The van der Waals surface area contributed by atoms with Gasteiger partial charge in [0.1, 0.15) is 11.9 Å². The van der Waals surface area contributed by atoms with Gasteiger partial charge in [0.25, 0.3) is 11.6 Å². The van der Waals surface area contributed by atoms with Crippen LogP contribution < -0.4 is 5.32 Å². The van der Waals surface area contributed by atoms with Gasteiger partial charge >= 0.3 is 0 Å². The van der Waals surface area contributed by atoms with Crippen LogP contribution in [0, 0.1) is 10.1 Å². The SMILES string of the molecule is O=C(Nc1ncn[nH]1)c1ccccc1[N+](=O)[O-]. The van der Waals surface area contributed by atoms with Crippen LogP contribution in [0.25, 0.3) is 0 Å². The van der Waals surface area contributed by atoms with Gasteiger partial charge in [-0.2, -0.15) is 10.1 Å². The first-order valence-corrected chi connectivity index (χ1v) is 4.58. The van der Waals surface area contributed by atoms with Gasteiger partial charge in [-0.25, -0.2) is 5.10 Å². The zero-order valence-electron chi connectivity index (χ0n) is 8.45. The average molecular weight is 233 g/mol. The number of hydrogen-bond acceptors (Lipinski definition) is 5. The smallest absolute Gasteiger partial charge is 0.282 e. The summed E-state index contributed by atoms with van der Waals surface area (Å²) in [7, 11) is 0. The molecular weight excluding hydrogens is 226 g/mol. The van der Waals surface area contributed by atoms with E-state index in [4.69, 9.17) is 0 Å². The lowest BCUT2D eigenvalue weighted by Gasteiger charge is -2.01. The molecule has 1 amide bonds. The minimum atomic E-state index is -0.617. The Hall–Kier alpha value is -2.77. The van der Waals surface area contributed by atoms with E-state index in [-0.39, 0.29) is 17.2 Å². The molecule has 0 atom stereocenters. The quantitative estimate of drug-likeness (QED) is 0.605. The second-order valence-electron chi connectivity index (χ2n) is 3.06.